The third kappa shape index (κ3) is 9.96. The van der Waals surface area contributed by atoms with Crippen molar-refractivity contribution in [1.29, 1.82) is 0 Å². The van der Waals surface area contributed by atoms with E-state index in [0.717, 1.165) is 26.1 Å². The summed E-state index contributed by atoms with van der Waals surface area (Å²) in [6.07, 6.45) is 0.889. The molecule has 86 valence electrons. The first-order chi connectivity index (χ1) is 6.45. The van der Waals surface area contributed by atoms with Crippen LogP contribution in [0.3, 0.4) is 0 Å². The first-order valence-corrected chi connectivity index (χ1v) is 5.52. The molecule has 14 heavy (non-hydrogen) atoms. The van der Waals surface area contributed by atoms with Crippen molar-refractivity contribution in [2.75, 3.05) is 26.2 Å². The van der Waals surface area contributed by atoms with Crippen LogP contribution in [0.5, 0.6) is 0 Å². The third-order valence-electron chi connectivity index (χ3n) is 2.07. The van der Waals surface area contributed by atoms with Gasteiger partial charge in [0.25, 0.3) is 0 Å². The van der Waals surface area contributed by atoms with Crippen LogP contribution >= 0.6 is 0 Å². The van der Waals surface area contributed by atoms with E-state index in [0.29, 0.717) is 12.5 Å². The van der Waals surface area contributed by atoms with Crippen molar-refractivity contribution < 1.29 is 5.11 Å². The van der Waals surface area contributed by atoms with Gasteiger partial charge in [-0.3, -0.25) is 0 Å². The predicted octanol–water partition coefficient (Wildman–Crippen LogP) is 0.983. The molecule has 0 amide bonds. The van der Waals surface area contributed by atoms with Crippen LogP contribution in [0.15, 0.2) is 0 Å². The maximum absolute atomic E-state index is 8.71. The summed E-state index contributed by atoms with van der Waals surface area (Å²) < 4.78 is 0. The Hall–Kier alpha value is -0.120. The molecule has 0 aromatic heterocycles. The van der Waals surface area contributed by atoms with E-state index >= 15 is 0 Å². The van der Waals surface area contributed by atoms with Crippen LogP contribution in [0.1, 0.15) is 34.1 Å². The van der Waals surface area contributed by atoms with Crippen LogP contribution in [0.4, 0.5) is 0 Å². The van der Waals surface area contributed by atoms with E-state index < -0.39 is 0 Å². The van der Waals surface area contributed by atoms with Gasteiger partial charge >= 0.3 is 0 Å². The molecule has 0 aliphatic carbocycles. The molecule has 3 N–H and O–H groups in total. The Morgan fingerprint density at radius 1 is 1.21 bits per heavy atom. The monoisotopic (exact) mass is 202 g/mol. The molecule has 0 saturated heterocycles. The second-order valence-corrected chi connectivity index (χ2v) is 5.00. The standard InChI is InChI=1S/C11H26N2O/c1-10(5-8-14)9-12-6-7-13-11(2,3)4/h10,12-14H,5-9H2,1-4H3. The van der Waals surface area contributed by atoms with Crippen molar-refractivity contribution in [3.05, 3.63) is 0 Å². The van der Waals surface area contributed by atoms with Gasteiger partial charge in [0, 0.05) is 25.2 Å². The average Bonchev–Trinajstić information content (AvgIpc) is 2.02. The fourth-order valence-corrected chi connectivity index (χ4v) is 1.20. The molecule has 3 nitrogen and oxygen atoms in total. The van der Waals surface area contributed by atoms with Crippen LogP contribution in [-0.4, -0.2) is 36.9 Å². The van der Waals surface area contributed by atoms with Gasteiger partial charge in [0.05, 0.1) is 0 Å². The highest BCUT2D eigenvalue weighted by Crippen LogP contribution is 1.98. The highest BCUT2D eigenvalue weighted by molar-refractivity contribution is 4.70. The van der Waals surface area contributed by atoms with Gasteiger partial charge in [-0.15, -0.1) is 0 Å². The molecule has 0 aromatic rings. The lowest BCUT2D eigenvalue weighted by atomic mass is 10.1. The minimum atomic E-state index is 0.207. The van der Waals surface area contributed by atoms with Crippen LogP contribution in [-0.2, 0) is 0 Å². The fourth-order valence-electron chi connectivity index (χ4n) is 1.20. The largest absolute Gasteiger partial charge is 0.396 e. The molecular formula is C11H26N2O. The molecule has 0 heterocycles. The second-order valence-electron chi connectivity index (χ2n) is 5.00. The van der Waals surface area contributed by atoms with Crippen LogP contribution in [0.2, 0.25) is 0 Å². The summed E-state index contributed by atoms with van der Waals surface area (Å²) in [6.45, 7) is 11.9. The molecule has 0 spiro atoms. The van der Waals surface area contributed by atoms with Gasteiger partial charge in [-0.1, -0.05) is 6.92 Å². The summed E-state index contributed by atoms with van der Waals surface area (Å²) in [4.78, 5) is 0. The zero-order chi connectivity index (χ0) is 11.0. The molecule has 0 fully saturated rings. The Morgan fingerprint density at radius 2 is 1.86 bits per heavy atom. The number of hydrogen-bond donors (Lipinski definition) is 3. The maximum Gasteiger partial charge on any atom is 0.0434 e. The summed E-state index contributed by atoms with van der Waals surface area (Å²) in [5, 5.41) is 15.5. The Kier molecular flexibility index (Phi) is 7.15. The average molecular weight is 202 g/mol. The lowest BCUT2D eigenvalue weighted by molar-refractivity contribution is 0.260. The van der Waals surface area contributed by atoms with Crippen molar-refractivity contribution in [1.82, 2.24) is 10.6 Å². The minimum absolute atomic E-state index is 0.207. The summed E-state index contributed by atoms with van der Waals surface area (Å²) in [5.41, 5.74) is 0.207. The van der Waals surface area contributed by atoms with Gasteiger partial charge in [0.2, 0.25) is 0 Å². The molecular weight excluding hydrogens is 176 g/mol. The highest BCUT2D eigenvalue weighted by atomic mass is 16.3. The van der Waals surface area contributed by atoms with E-state index in [1.165, 1.54) is 0 Å². The van der Waals surface area contributed by atoms with E-state index in [9.17, 15) is 0 Å². The molecule has 3 heteroatoms. The van der Waals surface area contributed by atoms with Crippen molar-refractivity contribution >= 4 is 0 Å². The molecule has 0 aliphatic rings. The quantitative estimate of drug-likeness (QED) is 0.539. The molecule has 0 rings (SSSR count). The number of hydrogen-bond acceptors (Lipinski definition) is 3. The summed E-state index contributed by atoms with van der Waals surface area (Å²) in [7, 11) is 0. The normalized spacial score (nSPS) is 14.4. The topological polar surface area (TPSA) is 44.3 Å². The van der Waals surface area contributed by atoms with Crippen molar-refractivity contribution in [2.24, 2.45) is 5.92 Å². The zero-order valence-electron chi connectivity index (χ0n) is 10.1. The lowest BCUT2D eigenvalue weighted by Crippen LogP contribution is -2.40. The van der Waals surface area contributed by atoms with E-state index in [1.807, 2.05) is 0 Å². The zero-order valence-corrected chi connectivity index (χ0v) is 10.1. The summed E-state index contributed by atoms with van der Waals surface area (Å²) in [5.74, 6) is 0.564. The molecule has 0 aromatic carbocycles. The molecule has 1 atom stereocenters. The van der Waals surface area contributed by atoms with E-state index in [1.54, 1.807) is 0 Å². The number of aliphatic hydroxyl groups excluding tert-OH is 1. The van der Waals surface area contributed by atoms with Crippen molar-refractivity contribution in [3.63, 3.8) is 0 Å². The maximum atomic E-state index is 8.71. The first-order valence-electron chi connectivity index (χ1n) is 5.52. The molecule has 0 radical (unpaired) electrons. The lowest BCUT2D eigenvalue weighted by Gasteiger charge is -2.21. The Labute approximate surface area is 88.3 Å². The van der Waals surface area contributed by atoms with Crippen LogP contribution in [0.25, 0.3) is 0 Å². The smallest absolute Gasteiger partial charge is 0.0434 e. The Morgan fingerprint density at radius 3 is 2.36 bits per heavy atom. The van der Waals surface area contributed by atoms with Gasteiger partial charge in [-0.05, 0) is 39.7 Å². The van der Waals surface area contributed by atoms with Gasteiger partial charge in [-0.25, -0.2) is 0 Å². The Balaban J connectivity index is 3.21. The molecule has 1 unspecified atom stereocenters. The minimum Gasteiger partial charge on any atom is -0.396 e. The summed E-state index contributed by atoms with van der Waals surface area (Å²) >= 11 is 0. The van der Waals surface area contributed by atoms with Crippen LogP contribution in [0, 0.1) is 5.92 Å². The SMILES string of the molecule is CC(CCO)CNCCNC(C)(C)C. The molecule has 0 aliphatic heterocycles. The van der Waals surface area contributed by atoms with E-state index in [2.05, 4.69) is 38.3 Å². The third-order valence-corrected chi connectivity index (χ3v) is 2.07. The number of rotatable bonds is 7. The molecule has 0 bridgehead atoms. The molecule has 0 saturated carbocycles. The van der Waals surface area contributed by atoms with Crippen molar-refractivity contribution in [2.45, 2.75) is 39.7 Å². The second kappa shape index (κ2) is 7.21. The highest BCUT2D eigenvalue weighted by Gasteiger charge is 2.07. The van der Waals surface area contributed by atoms with Crippen molar-refractivity contribution in [3.8, 4) is 0 Å². The van der Waals surface area contributed by atoms with E-state index in [4.69, 9.17) is 5.11 Å². The number of aliphatic hydroxyl groups is 1. The van der Waals surface area contributed by atoms with Crippen LogP contribution < -0.4 is 10.6 Å². The first kappa shape index (κ1) is 13.9. The predicted molar refractivity (Wildman–Crippen MR) is 61.5 cm³/mol. The van der Waals surface area contributed by atoms with Gasteiger partial charge < -0.3 is 15.7 Å². The van der Waals surface area contributed by atoms with Gasteiger partial charge in [0.1, 0.15) is 0 Å². The number of nitrogens with one attached hydrogen (secondary N) is 2. The summed E-state index contributed by atoms with van der Waals surface area (Å²) in [6, 6.07) is 0. The fraction of sp³-hybridized carbons (Fsp3) is 1.00. The van der Waals surface area contributed by atoms with Gasteiger partial charge in [-0.2, -0.15) is 0 Å². The van der Waals surface area contributed by atoms with Gasteiger partial charge in [0.15, 0.2) is 0 Å². The Bertz CT molecular complexity index is 132. The van der Waals surface area contributed by atoms with E-state index in [-0.39, 0.29) is 5.54 Å².